The fraction of sp³-hybridized carbons (Fsp3) is 0.667. The Morgan fingerprint density at radius 3 is 2.90 bits per heavy atom. The summed E-state index contributed by atoms with van der Waals surface area (Å²) in [5.74, 6) is 0.928. The molecule has 0 radical (unpaired) electrons. The predicted molar refractivity (Wildman–Crippen MR) is 74.3 cm³/mol. The summed E-state index contributed by atoms with van der Waals surface area (Å²) in [6.45, 7) is 4.17. The highest BCUT2D eigenvalue weighted by Crippen LogP contribution is 2.10. The fourth-order valence-electron chi connectivity index (χ4n) is 2.93. The predicted octanol–water partition coefficient (Wildman–Crippen LogP) is -0.484. The van der Waals surface area contributed by atoms with Crippen LogP contribution in [-0.4, -0.2) is 39.3 Å². The van der Waals surface area contributed by atoms with Gasteiger partial charge in [0.25, 0.3) is 0 Å². The first kappa shape index (κ1) is 15.1. The lowest BCUT2D eigenvalue weighted by Gasteiger charge is -2.29. The SMILES string of the molecule is COC(=O)CC[NH2+]C[C@H](c1ccco1)[NH+]1CCCCC1. The average Bonchev–Trinajstić information content (AvgIpc) is 3.02. The van der Waals surface area contributed by atoms with Crippen molar-refractivity contribution in [2.24, 2.45) is 0 Å². The molecule has 1 aliphatic rings. The molecule has 0 amide bonds. The number of nitrogens with one attached hydrogen (secondary N) is 1. The molecule has 1 aromatic rings. The number of methoxy groups -OCH3 is 1. The number of nitrogens with two attached hydrogens (primary N) is 1. The van der Waals surface area contributed by atoms with Crippen LogP contribution in [0.15, 0.2) is 22.8 Å². The summed E-state index contributed by atoms with van der Waals surface area (Å²) < 4.78 is 10.3. The van der Waals surface area contributed by atoms with E-state index in [1.807, 2.05) is 6.07 Å². The number of hydrogen-bond donors (Lipinski definition) is 2. The van der Waals surface area contributed by atoms with E-state index in [1.54, 1.807) is 11.2 Å². The van der Waals surface area contributed by atoms with Crippen molar-refractivity contribution in [1.82, 2.24) is 0 Å². The van der Waals surface area contributed by atoms with Crippen LogP contribution in [0.2, 0.25) is 0 Å². The molecule has 5 nitrogen and oxygen atoms in total. The Labute approximate surface area is 120 Å². The standard InChI is InChI=1S/C15H24N2O3/c1-19-15(18)7-8-16-12-13(14-6-5-11-20-14)17-9-3-2-4-10-17/h5-6,11,13,16H,2-4,7-10,12H2,1H3/p+2/t13-/m1/s1. The second-order valence-corrected chi connectivity index (χ2v) is 5.43. The van der Waals surface area contributed by atoms with Gasteiger partial charge < -0.3 is 19.4 Å². The van der Waals surface area contributed by atoms with Gasteiger partial charge in [0.05, 0.1) is 39.4 Å². The van der Waals surface area contributed by atoms with Crippen molar-refractivity contribution in [2.45, 2.75) is 31.7 Å². The zero-order chi connectivity index (χ0) is 14.2. The minimum absolute atomic E-state index is 0.138. The molecule has 2 rings (SSSR count). The van der Waals surface area contributed by atoms with Gasteiger partial charge in [-0.05, 0) is 31.4 Å². The van der Waals surface area contributed by atoms with Crippen molar-refractivity contribution in [3.05, 3.63) is 24.2 Å². The van der Waals surface area contributed by atoms with Crippen molar-refractivity contribution in [2.75, 3.05) is 33.3 Å². The summed E-state index contributed by atoms with van der Waals surface area (Å²) in [6.07, 6.45) is 6.17. The minimum atomic E-state index is -0.138. The number of furan rings is 1. The summed E-state index contributed by atoms with van der Waals surface area (Å²) in [6, 6.07) is 4.42. The van der Waals surface area contributed by atoms with Crippen molar-refractivity contribution < 1.29 is 24.2 Å². The fourth-order valence-corrected chi connectivity index (χ4v) is 2.93. The zero-order valence-corrected chi connectivity index (χ0v) is 12.3. The number of carbonyl (C=O) groups excluding carboxylic acids is 1. The summed E-state index contributed by atoms with van der Waals surface area (Å²) >= 11 is 0. The normalized spacial score (nSPS) is 17.9. The number of ether oxygens (including phenoxy) is 1. The molecular formula is C15H26N2O3+2. The average molecular weight is 282 g/mol. The molecule has 0 unspecified atom stereocenters. The molecule has 3 N–H and O–H groups in total. The summed E-state index contributed by atoms with van der Waals surface area (Å²) in [7, 11) is 1.44. The first-order chi connectivity index (χ1) is 9.81. The van der Waals surface area contributed by atoms with Gasteiger partial charge in [-0.15, -0.1) is 0 Å². The molecule has 1 saturated heterocycles. The van der Waals surface area contributed by atoms with E-state index in [9.17, 15) is 4.79 Å². The van der Waals surface area contributed by atoms with E-state index in [4.69, 9.17) is 4.42 Å². The zero-order valence-electron chi connectivity index (χ0n) is 12.3. The van der Waals surface area contributed by atoms with Gasteiger partial charge in [0.15, 0.2) is 11.8 Å². The van der Waals surface area contributed by atoms with E-state index in [0.29, 0.717) is 12.5 Å². The molecular weight excluding hydrogens is 256 g/mol. The maximum Gasteiger partial charge on any atom is 0.311 e. The highest BCUT2D eigenvalue weighted by atomic mass is 16.5. The van der Waals surface area contributed by atoms with Gasteiger partial charge in [-0.3, -0.25) is 4.79 Å². The molecule has 1 aromatic heterocycles. The van der Waals surface area contributed by atoms with E-state index in [2.05, 4.69) is 16.1 Å². The van der Waals surface area contributed by atoms with Crippen LogP contribution in [0.4, 0.5) is 0 Å². The second kappa shape index (κ2) is 8.07. The molecule has 1 aliphatic heterocycles. The summed E-state index contributed by atoms with van der Waals surface area (Å²) in [4.78, 5) is 12.7. The third kappa shape index (κ3) is 4.35. The number of rotatable bonds is 7. The highest BCUT2D eigenvalue weighted by molar-refractivity contribution is 5.69. The van der Waals surface area contributed by atoms with E-state index in [0.717, 1.165) is 18.8 Å². The van der Waals surface area contributed by atoms with Gasteiger partial charge in [-0.1, -0.05) is 0 Å². The van der Waals surface area contributed by atoms with Crippen LogP contribution >= 0.6 is 0 Å². The van der Waals surface area contributed by atoms with E-state index < -0.39 is 0 Å². The van der Waals surface area contributed by atoms with E-state index in [1.165, 1.54) is 39.5 Å². The Kier molecular flexibility index (Phi) is 6.08. The molecule has 2 heterocycles. The molecule has 1 fully saturated rings. The van der Waals surface area contributed by atoms with Crippen LogP contribution in [0.1, 0.15) is 37.5 Å². The molecule has 0 bridgehead atoms. The second-order valence-electron chi connectivity index (χ2n) is 5.43. The quantitative estimate of drug-likeness (QED) is 0.524. The van der Waals surface area contributed by atoms with Crippen molar-refractivity contribution in [3.8, 4) is 0 Å². The molecule has 5 heteroatoms. The van der Waals surface area contributed by atoms with Gasteiger partial charge in [0.2, 0.25) is 0 Å². The van der Waals surface area contributed by atoms with Crippen molar-refractivity contribution >= 4 is 5.97 Å². The Bertz CT molecular complexity index is 386. The molecule has 1 atom stereocenters. The monoisotopic (exact) mass is 282 g/mol. The molecule has 0 aromatic carbocycles. The van der Waals surface area contributed by atoms with Crippen LogP contribution in [0.5, 0.6) is 0 Å². The highest BCUT2D eigenvalue weighted by Gasteiger charge is 2.29. The molecule has 0 spiro atoms. The van der Waals surface area contributed by atoms with Gasteiger partial charge in [0, 0.05) is 0 Å². The lowest BCUT2D eigenvalue weighted by atomic mass is 10.1. The number of esters is 1. The van der Waals surface area contributed by atoms with Gasteiger partial charge >= 0.3 is 5.97 Å². The first-order valence-corrected chi connectivity index (χ1v) is 7.57. The maximum atomic E-state index is 11.1. The molecule has 112 valence electrons. The van der Waals surface area contributed by atoms with Gasteiger partial charge in [0.1, 0.15) is 6.54 Å². The molecule has 0 saturated carbocycles. The van der Waals surface area contributed by atoms with E-state index in [-0.39, 0.29) is 5.97 Å². The van der Waals surface area contributed by atoms with Gasteiger partial charge in [-0.25, -0.2) is 0 Å². The van der Waals surface area contributed by atoms with Gasteiger partial charge in [-0.2, -0.15) is 0 Å². The molecule has 20 heavy (non-hydrogen) atoms. The Hall–Kier alpha value is -1.33. The largest absolute Gasteiger partial charge is 0.469 e. The Morgan fingerprint density at radius 1 is 1.45 bits per heavy atom. The van der Waals surface area contributed by atoms with Crippen LogP contribution in [0.25, 0.3) is 0 Å². The number of quaternary nitrogens is 2. The van der Waals surface area contributed by atoms with Crippen LogP contribution in [0.3, 0.4) is 0 Å². The smallest absolute Gasteiger partial charge is 0.311 e. The number of hydrogen-bond acceptors (Lipinski definition) is 3. The Balaban J connectivity index is 1.85. The lowest BCUT2D eigenvalue weighted by Crippen LogP contribution is -3.15. The van der Waals surface area contributed by atoms with E-state index >= 15 is 0 Å². The van der Waals surface area contributed by atoms with Crippen molar-refractivity contribution in [3.63, 3.8) is 0 Å². The number of carbonyl (C=O) groups is 1. The first-order valence-electron chi connectivity index (χ1n) is 7.57. The Morgan fingerprint density at radius 2 is 2.25 bits per heavy atom. The van der Waals surface area contributed by atoms with Crippen molar-refractivity contribution in [1.29, 1.82) is 0 Å². The number of piperidine rings is 1. The third-order valence-corrected chi connectivity index (χ3v) is 4.06. The minimum Gasteiger partial charge on any atom is -0.469 e. The summed E-state index contributed by atoms with van der Waals surface area (Å²) in [5.41, 5.74) is 0. The van der Waals surface area contributed by atoms with Crippen LogP contribution < -0.4 is 10.2 Å². The lowest BCUT2D eigenvalue weighted by molar-refractivity contribution is -0.950. The van der Waals surface area contributed by atoms with Crippen LogP contribution in [0, 0.1) is 0 Å². The van der Waals surface area contributed by atoms with Crippen LogP contribution in [-0.2, 0) is 9.53 Å². The maximum absolute atomic E-state index is 11.1. The summed E-state index contributed by atoms with van der Waals surface area (Å²) in [5, 5.41) is 2.20. The molecule has 0 aliphatic carbocycles. The topological polar surface area (TPSA) is 60.5 Å². The number of likely N-dealkylation sites (tertiary alicyclic amines) is 1. The third-order valence-electron chi connectivity index (χ3n) is 4.06.